The van der Waals surface area contributed by atoms with E-state index in [1.54, 1.807) is 12.1 Å². The average molecular weight is 530 g/mol. The third-order valence-electron chi connectivity index (χ3n) is 5.97. The molecule has 0 radical (unpaired) electrons. The summed E-state index contributed by atoms with van der Waals surface area (Å²) < 4.78 is 46.0. The Labute approximate surface area is 218 Å². The number of halogens is 3. The number of carbonyl (C=O) groups is 2. The van der Waals surface area contributed by atoms with E-state index in [1.165, 1.54) is 38.2 Å². The molecule has 0 fully saturated rings. The van der Waals surface area contributed by atoms with Crippen LogP contribution in [0.5, 0.6) is 0 Å². The zero-order valence-electron chi connectivity index (χ0n) is 21.3. The maximum atomic E-state index is 13.5. The molecule has 9 nitrogen and oxygen atoms in total. The van der Waals surface area contributed by atoms with Crippen LogP contribution >= 0.6 is 0 Å². The Morgan fingerprint density at radius 2 is 1.84 bits per heavy atom. The molecule has 12 heteroatoms. The number of likely N-dealkylation sites (N-methyl/N-ethyl adjacent to an activating group) is 1. The van der Waals surface area contributed by atoms with Gasteiger partial charge in [0, 0.05) is 18.4 Å². The van der Waals surface area contributed by atoms with Crippen molar-refractivity contribution in [3.63, 3.8) is 0 Å². The van der Waals surface area contributed by atoms with E-state index in [0.29, 0.717) is 17.7 Å². The van der Waals surface area contributed by atoms with Crippen LogP contribution in [0.15, 0.2) is 59.8 Å². The third-order valence-corrected chi connectivity index (χ3v) is 5.97. The highest BCUT2D eigenvalue weighted by atomic mass is 19.4. The second-order valence-electron chi connectivity index (χ2n) is 8.86. The molecule has 200 valence electrons. The Morgan fingerprint density at radius 3 is 2.39 bits per heavy atom. The van der Waals surface area contributed by atoms with Gasteiger partial charge in [0.1, 0.15) is 19.2 Å². The number of ether oxygens (including phenoxy) is 1. The number of nitrogens with zero attached hydrogens (tertiary/aromatic N) is 3. The van der Waals surface area contributed by atoms with Crippen LogP contribution in [0.4, 0.5) is 23.7 Å². The van der Waals surface area contributed by atoms with E-state index in [9.17, 15) is 28.0 Å². The lowest BCUT2D eigenvalue weighted by molar-refractivity contribution is -0.858. The number of rotatable bonds is 6. The Morgan fingerprint density at radius 1 is 1.18 bits per heavy atom. The molecular weight excluding hydrogens is 501 g/mol. The van der Waals surface area contributed by atoms with E-state index >= 15 is 0 Å². The van der Waals surface area contributed by atoms with E-state index in [1.807, 2.05) is 20.2 Å². The minimum absolute atomic E-state index is 0.0273. The van der Waals surface area contributed by atoms with Gasteiger partial charge in [-0.2, -0.15) is 18.4 Å². The monoisotopic (exact) mass is 529 g/mol. The van der Waals surface area contributed by atoms with E-state index in [2.05, 4.69) is 5.32 Å². The summed E-state index contributed by atoms with van der Waals surface area (Å²) in [5.41, 5.74) is -0.153. The molecule has 0 bridgehead atoms. The summed E-state index contributed by atoms with van der Waals surface area (Å²) in [5, 5.41) is 20.5. The predicted octanol–water partition coefficient (Wildman–Crippen LogP) is 2.68. The summed E-state index contributed by atoms with van der Waals surface area (Å²) in [6, 6.07) is 10.5. The van der Waals surface area contributed by atoms with Gasteiger partial charge in [0.05, 0.1) is 36.9 Å². The van der Waals surface area contributed by atoms with Gasteiger partial charge in [-0.05, 0) is 42.8 Å². The number of nitriles is 1. The number of guanidine groups is 1. The number of hydrogen-bond donors (Lipinski definition) is 3. The molecule has 0 spiro atoms. The summed E-state index contributed by atoms with van der Waals surface area (Å²) in [6.07, 6.45) is -4.65. The minimum atomic E-state index is -4.65. The first-order valence-corrected chi connectivity index (χ1v) is 11.6. The maximum absolute atomic E-state index is 13.5. The Balaban J connectivity index is 2.26. The van der Waals surface area contributed by atoms with Crippen molar-refractivity contribution in [2.75, 3.05) is 39.2 Å². The SMILES string of the molecule is CNC(=O)N1C(=N)N(c2cccc(C(F)(F)F)c2)C(C)=C(C(=O)OCC[NH+](C)C)C1c1ccc(C#N)cc1. The van der Waals surface area contributed by atoms with E-state index < -0.39 is 35.7 Å². The Kier molecular flexibility index (Phi) is 8.42. The van der Waals surface area contributed by atoms with Crippen molar-refractivity contribution in [1.82, 2.24) is 10.2 Å². The van der Waals surface area contributed by atoms with E-state index in [-0.39, 0.29) is 23.6 Å². The quantitative estimate of drug-likeness (QED) is 0.498. The topological polar surface area (TPSA) is 114 Å². The van der Waals surface area contributed by atoms with Crippen LogP contribution in [-0.4, -0.2) is 57.2 Å². The van der Waals surface area contributed by atoms with Gasteiger partial charge in [-0.3, -0.25) is 15.2 Å². The molecule has 3 N–H and O–H groups in total. The molecule has 0 saturated carbocycles. The molecule has 2 aromatic carbocycles. The smallest absolute Gasteiger partial charge is 0.416 e. The lowest BCUT2D eigenvalue weighted by Gasteiger charge is -2.43. The number of benzene rings is 2. The molecule has 38 heavy (non-hydrogen) atoms. The van der Waals surface area contributed by atoms with Gasteiger partial charge in [0.2, 0.25) is 5.96 Å². The molecule has 1 atom stereocenters. The number of esters is 1. The first kappa shape index (κ1) is 28.2. The highest BCUT2D eigenvalue weighted by molar-refractivity contribution is 6.10. The molecule has 3 rings (SSSR count). The molecule has 2 amide bonds. The Hall–Kier alpha value is -4.37. The molecule has 1 unspecified atom stereocenters. The lowest BCUT2D eigenvalue weighted by Crippen LogP contribution is -3.06. The number of anilines is 1. The molecule has 1 aliphatic rings. The number of hydrogen-bond acceptors (Lipinski definition) is 5. The van der Waals surface area contributed by atoms with Crippen molar-refractivity contribution in [3.8, 4) is 6.07 Å². The standard InChI is InChI=1S/C26H27F3N6O3/c1-16-21(23(36)38-13-12-33(3)4)22(18-10-8-17(15-30)9-11-18)35(25(37)32-2)24(31)34(16)20-7-5-6-19(14-20)26(27,28)29/h5-11,14,22,31H,12-13H2,1-4H3,(H,32,37)/p+1. The summed E-state index contributed by atoms with van der Waals surface area (Å²) in [5.74, 6) is -1.25. The number of alkyl halides is 3. The van der Waals surface area contributed by atoms with E-state index in [0.717, 1.165) is 26.8 Å². The van der Waals surface area contributed by atoms with Gasteiger partial charge in [-0.15, -0.1) is 0 Å². The molecule has 1 aliphatic heterocycles. The summed E-state index contributed by atoms with van der Waals surface area (Å²) in [4.78, 5) is 29.7. The van der Waals surface area contributed by atoms with Gasteiger partial charge in [-0.1, -0.05) is 18.2 Å². The fourth-order valence-corrected chi connectivity index (χ4v) is 4.05. The zero-order chi connectivity index (χ0) is 28.2. The van der Waals surface area contributed by atoms with Gasteiger partial charge in [-0.25, -0.2) is 9.59 Å². The van der Waals surface area contributed by atoms with Crippen molar-refractivity contribution in [2.45, 2.75) is 19.1 Å². The predicted molar refractivity (Wildman–Crippen MR) is 133 cm³/mol. The molecule has 0 aromatic heterocycles. The number of nitrogens with one attached hydrogen (secondary N) is 3. The fraction of sp³-hybridized carbons (Fsp3) is 0.308. The van der Waals surface area contributed by atoms with Crippen LogP contribution in [0.1, 0.15) is 29.7 Å². The number of quaternary nitrogens is 1. The summed E-state index contributed by atoms with van der Waals surface area (Å²) in [7, 11) is 5.09. The minimum Gasteiger partial charge on any atom is -0.456 e. The number of allylic oxidation sites excluding steroid dienone is 1. The highest BCUT2D eigenvalue weighted by Gasteiger charge is 2.44. The summed E-state index contributed by atoms with van der Waals surface area (Å²) in [6.45, 7) is 2.03. The maximum Gasteiger partial charge on any atom is 0.416 e. The van der Waals surface area contributed by atoms with Gasteiger partial charge < -0.3 is 15.0 Å². The third kappa shape index (κ3) is 5.78. The fourth-order valence-electron chi connectivity index (χ4n) is 4.05. The second kappa shape index (κ2) is 11.4. The first-order chi connectivity index (χ1) is 17.9. The molecule has 0 aliphatic carbocycles. The Bertz CT molecular complexity index is 1300. The van der Waals surface area contributed by atoms with Crippen LogP contribution < -0.4 is 15.1 Å². The molecule has 1 heterocycles. The van der Waals surface area contributed by atoms with Gasteiger partial charge in [0.25, 0.3) is 0 Å². The van der Waals surface area contributed by atoms with Gasteiger partial charge >= 0.3 is 18.2 Å². The van der Waals surface area contributed by atoms with Crippen LogP contribution in [0.3, 0.4) is 0 Å². The van der Waals surface area contributed by atoms with Crippen molar-refractivity contribution in [2.24, 2.45) is 0 Å². The van der Waals surface area contributed by atoms with Crippen molar-refractivity contribution < 1.29 is 32.4 Å². The second-order valence-corrected chi connectivity index (χ2v) is 8.86. The van der Waals surface area contributed by atoms with E-state index in [4.69, 9.17) is 10.1 Å². The van der Waals surface area contributed by atoms with Crippen LogP contribution in [-0.2, 0) is 15.7 Å². The van der Waals surface area contributed by atoms with Crippen molar-refractivity contribution in [1.29, 1.82) is 10.7 Å². The molecule has 0 saturated heterocycles. The number of carbonyl (C=O) groups excluding carboxylic acids is 2. The molecule has 2 aromatic rings. The largest absolute Gasteiger partial charge is 0.456 e. The molecular formula is C26H28F3N6O3+. The van der Waals surface area contributed by atoms with Crippen molar-refractivity contribution >= 4 is 23.6 Å². The van der Waals surface area contributed by atoms with Gasteiger partial charge in [0.15, 0.2) is 0 Å². The normalized spacial score (nSPS) is 16.0. The summed E-state index contributed by atoms with van der Waals surface area (Å²) >= 11 is 0. The first-order valence-electron chi connectivity index (χ1n) is 11.6. The number of amides is 2. The lowest BCUT2D eigenvalue weighted by atomic mass is 9.92. The van der Waals surface area contributed by atoms with Crippen LogP contribution in [0.2, 0.25) is 0 Å². The zero-order valence-corrected chi connectivity index (χ0v) is 21.3. The number of urea groups is 1. The van der Waals surface area contributed by atoms with Crippen LogP contribution in [0.25, 0.3) is 0 Å². The highest BCUT2D eigenvalue weighted by Crippen LogP contribution is 2.41. The van der Waals surface area contributed by atoms with Crippen molar-refractivity contribution in [3.05, 3.63) is 76.5 Å². The van der Waals surface area contributed by atoms with Crippen LogP contribution in [0, 0.1) is 16.7 Å². The average Bonchev–Trinajstić information content (AvgIpc) is 2.87.